The maximum absolute atomic E-state index is 10.2. The molecule has 1 aliphatic heterocycles. The molecule has 1 aromatic rings. The van der Waals surface area contributed by atoms with Crippen LogP contribution in [0.1, 0.15) is 17.2 Å². The van der Waals surface area contributed by atoms with Crippen LogP contribution in [-0.2, 0) is 6.54 Å². The van der Waals surface area contributed by atoms with Crippen LogP contribution in [0, 0.1) is 0 Å². The van der Waals surface area contributed by atoms with Gasteiger partial charge >= 0.3 is 0 Å². The largest absolute Gasteiger partial charge is 0.387 e. The molecule has 18 heavy (non-hydrogen) atoms. The Bertz CT molecular complexity index is 358. The van der Waals surface area contributed by atoms with Gasteiger partial charge in [0.25, 0.3) is 0 Å². The third-order valence-corrected chi connectivity index (χ3v) is 3.63. The Morgan fingerprint density at radius 3 is 2.33 bits per heavy atom. The van der Waals surface area contributed by atoms with E-state index in [0.717, 1.165) is 43.9 Å². The summed E-state index contributed by atoms with van der Waals surface area (Å²) < 4.78 is 0. The molecular formula is C14H23N3O. The maximum atomic E-state index is 10.2. The van der Waals surface area contributed by atoms with Gasteiger partial charge in [-0.1, -0.05) is 24.3 Å². The van der Waals surface area contributed by atoms with Crippen LogP contribution in [0.5, 0.6) is 0 Å². The summed E-state index contributed by atoms with van der Waals surface area (Å²) in [5.41, 5.74) is 7.64. The van der Waals surface area contributed by atoms with Crippen molar-refractivity contribution in [3.63, 3.8) is 0 Å². The highest BCUT2D eigenvalue weighted by Gasteiger charge is 2.17. The Labute approximate surface area is 109 Å². The van der Waals surface area contributed by atoms with Gasteiger partial charge in [-0.05, 0) is 18.2 Å². The van der Waals surface area contributed by atoms with Crippen molar-refractivity contribution < 1.29 is 5.11 Å². The monoisotopic (exact) mass is 249 g/mol. The van der Waals surface area contributed by atoms with Gasteiger partial charge in [-0.25, -0.2) is 0 Å². The maximum Gasteiger partial charge on any atom is 0.0916 e. The molecule has 3 N–H and O–H groups in total. The number of β-amino-alcohol motifs (C(OH)–C–C–N with tert-alkyl or cyclic N) is 1. The molecule has 4 heteroatoms. The zero-order valence-electron chi connectivity index (χ0n) is 11.0. The topological polar surface area (TPSA) is 52.7 Å². The highest BCUT2D eigenvalue weighted by molar-refractivity contribution is 5.24. The molecule has 0 amide bonds. The molecule has 1 saturated heterocycles. The summed E-state index contributed by atoms with van der Waals surface area (Å²) in [7, 11) is 2.14. The van der Waals surface area contributed by atoms with Crippen molar-refractivity contribution in [2.45, 2.75) is 12.6 Å². The number of aliphatic hydroxyl groups is 1. The average Bonchev–Trinajstić information content (AvgIpc) is 2.41. The fourth-order valence-electron chi connectivity index (χ4n) is 2.26. The first-order valence-electron chi connectivity index (χ1n) is 6.57. The molecule has 1 aliphatic rings. The number of nitrogens with two attached hydrogens (primary N) is 1. The summed E-state index contributed by atoms with van der Waals surface area (Å²) in [6.45, 7) is 5.51. The van der Waals surface area contributed by atoms with Crippen LogP contribution in [0.3, 0.4) is 0 Å². The lowest BCUT2D eigenvalue weighted by Crippen LogP contribution is -2.45. The van der Waals surface area contributed by atoms with Crippen molar-refractivity contribution in [1.29, 1.82) is 0 Å². The van der Waals surface area contributed by atoms with Gasteiger partial charge in [0.1, 0.15) is 0 Å². The van der Waals surface area contributed by atoms with Gasteiger partial charge in [0, 0.05) is 39.3 Å². The van der Waals surface area contributed by atoms with Gasteiger partial charge in [-0.3, -0.25) is 4.90 Å². The van der Waals surface area contributed by atoms with Gasteiger partial charge in [-0.2, -0.15) is 0 Å². The standard InChI is InChI=1S/C14H23N3O/c1-16-6-8-17(9-7-16)11-14(18)13-4-2-12(10-15)3-5-13/h2-5,14,18H,6-11,15H2,1H3. The van der Waals surface area contributed by atoms with Crippen molar-refractivity contribution in [1.82, 2.24) is 9.80 Å². The quantitative estimate of drug-likeness (QED) is 0.812. The van der Waals surface area contributed by atoms with E-state index in [0.29, 0.717) is 6.54 Å². The predicted molar refractivity (Wildman–Crippen MR) is 73.2 cm³/mol. The van der Waals surface area contributed by atoms with Gasteiger partial charge in [0.05, 0.1) is 6.10 Å². The van der Waals surface area contributed by atoms with E-state index < -0.39 is 6.10 Å². The second kappa shape index (κ2) is 6.29. The van der Waals surface area contributed by atoms with E-state index in [1.165, 1.54) is 0 Å². The Morgan fingerprint density at radius 1 is 1.17 bits per heavy atom. The summed E-state index contributed by atoms with van der Waals surface area (Å²) >= 11 is 0. The van der Waals surface area contributed by atoms with Gasteiger partial charge in [0.15, 0.2) is 0 Å². The number of hydrogen-bond donors (Lipinski definition) is 2. The molecule has 0 saturated carbocycles. The Hall–Kier alpha value is -0.940. The van der Waals surface area contributed by atoms with Gasteiger partial charge < -0.3 is 15.7 Å². The molecule has 1 heterocycles. The van der Waals surface area contributed by atoms with Crippen LogP contribution in [0.4, 0.5) is 0 Å². The summed E-state index contributed by atoms with van der Waals surface area (Å²) in [5.74, 6) is 0. The Kier molecular flexibility index (Phi) is 4.72. The fraction of sp³-hybridized carbons (Fsp3) is 0.571. The van der Waals surface area contributed by atoms with Crippen molar-refractivity contribution >= 4 is 0 Å². The number of benzene rings is 1. The van der Waals surface area contributed by atoms with Crippen LogP contribution in [0.25, 0.3) is 0 Å². The minimum Gasteiger partial charge on any atom is -0.387 e. The third-order valence-electron chi connectivity index (χ3n) is 3.63. The first-order valence-corrected chi connectivity index (χ1v) is 6.57. The first-order chi connectivity index (χ1) is 8.69. The highest BCUT2D eigenvalue weighted by atomic mass is 16.3. The molecular weight excluding hydrogens is 226 g/mol. The lowest BCUT2D eigenvalue weighted by molar-refractivity contribution is 0.0805. The molecule has 100 valence electrons. The minimum atomic E-state index is -0.403. The zero-order valence-corrected chi connectivity index (χ0v) is 11.0. The normalized spacial score (nSPS) is 19.9. The summed E-state index contributed by atoms with van der Waals surface area (Å²) in [4.78, 5) is 4.64. The fourth-order valence-corrected chi connectivity index (χ4v) is 2.26. The van der Waals surface area contributed by atoms with Crippen molar-refractivity contribution in [3.8, 4) is 0 Å². The molecule has 1 atom stereocenters. The lowest BCUT2D eigenvalue weighted by atomic mass is 10.1. The number of likely N-dealkylation sites (N-methyl/N-ethyl adjacent to an activating group) is 1. The van der Waals surface area contributed by atoms with Crippen molar-refractivity contribution in [2.75, 3.05) is 39.8 Å². The van der Waals surface area contributed by atoms with Crippen molar-refractivity contribution in [3.05, 3.63) is 35.4 Å². The van der Waals surface area contributed by atoms with E-state index in [-0.39, 0.29) is 0 Å². The number of nitrogens with zero attached hydrogens (tertiary/aromatic N) is 2. The number of hydrogen-bond acceptors (Lipinski definition) is 4. The van der Waals surface area contributed by atoms with Gasteiger partial charge in [0.2, 0.25) is 0 Å². The SMILES string of the molecule is CN1CCN(CC(O)c2ccc(CN)cc2)CC1. The van der Waals surface area contributed by atoms with E-state index in [9.17, 15) is 5.11 Å². The third kappa shape index (κ3) is 3.53. The van der Waals surface area contributed by atoms with Crippen LogP contribution in [0.2, 0.25) is 0 Å². The molecule has 0 bridgehead atoms. The molecule has 0 aliphatic carbocycles. The van der Waals surface area contributed by atoms with Crippen LogP contribution in [-0.4, -0.2) is 54.7 Å². The van der Waals surface area contributed by atoms with Crippen LogP contribution in [0.15, 0.2) is 24.3 Å². The molecule has 0 radical (unpaired) electrons. The predicted octanol–water partition coefficient (Wildman–Crippen LogP) is 0.426. The summed E-state index contributed by atoms with van der Waals surface area (Å²) in [6, 6.07) is 7.93. The molecule has 0 aromatic heterocycles. The number of rotatable bonds is 4. The van der Waals surface area contributed by atoms with E-state index >= 15 is 0 Å². The zero-order chi connectivity index (χ0) is 13.0. The second-order valence-electron chi connectivity index (χ2n) is 5.07. The second-order valence-corrected chi connectivity index (χ2v) is 5.07. The van der Waals surface area contributed by atoms with Gasteiger partial charge in [-0.15, -0.1) is 0 Å². The molecule has 4 nitrogen and oxygen atoms in total. The lowest BCUT2D eigenvalue weighted by Gasteiger charge is -2.33. The van der Waals surface area contributed by atoms with E-state index in [1.54, 1.807) is 0 Å². The molecule has 0 spiro atoms. The first kappa shape index (κ1) is 13.5. The average molecular weight is 249 g/mol. The molecule has 1 fully saturated rings. The highest BCUT2D eigenvalue weighted by Crippen LogP contribution is 2.16. The number of piperazine rings is 1. The summed E-state index contributed by atoms with van der Waals surface area (Å²) in [5, 5.41) is 10.2. The minimum absolute atomic E-state index is 0.403. The Morgan fingerprint density at radius 2 is 1.78 bits per heavy atom. The van der Waals surface area contributed by atoms with Crippen molar-refractivity contribution in [2.24, 2.45) is 5.73 Å². The van der Waals surface area contributed by atoms with Crippen LogP contribution >= 0.6 is 0 Å². The Balaban J connectivity index is 1.88. The van der Waals surface area contributed by atoms with E-state index in [1.807, 2.05) is 24.3 Å². The molecule has 1 unspecified atom stereocenters. The summed E-state index contributed by atoms with van der Waals surface area (Å²) in [6.07, 6.45) is -0.403. The van der Waals surface area contributed by atoms with E-state index in [2.05, 4.69) is 16.8 Å². The van der Waals surface area contributed by atoms with E-state index in [4.69, 9.17) is 5.73 Å². The van der Waals surface area contributed by atoms with Crippen LogP contribution < -0.4 is 5.73 Å². The number of aliphatic hydroxyl groups excluding tert-OH is 1. The smallest absolute Gasteiger partial charge is 0.0916 e. The molecule has 2 rings (SSSR count). The molecule has 1 aromatic carbocycles.